The van der Waals surface area contributed by atoms with Crippen molar-refractivity contribution in [3.05, 3.63) is 41.5 Å². The van der Waals surface area contributed by atoms with Gasteiger partial charge in [0.15, 0.2) is 17.3 Å². The average Bonchev–Trinajstić information content (AvgIpc) is 2.94. The van der Waals surface area contributed by atoms with Gasteiger partial charge in [-0.05, 0) is 43.7 Å². The third-order valence-electron chi connectivity index (χ3n) is 4.81. The number of fused-ring (bicyclic) bond motifs is 1. The number of carbonyl (C=O) groups is 1. The molecule has 0 saturated heterocycles. The predicted molar refractivity (Wildman–Crippen MR) is 106 cm³/mol. The largest absolute Gasteiger partial charge is 0.497 e. The summed E-state index contributed by atoms with van der Waals surface area (Å²) in [7, 11) is 6.28. The molecule has 0 aliphatic carbocycles. The molecule has 0 N–H and O–H groups in total. The van der Waals surface area contributed by atoms with Crippen LogP contribution in [-0.2, 0) is 0 Å². The zero-order chi connectivity index (χ0) is 19.8. The second-order valence-electron chi connectivity index (χ2n) is 6.82. The summed E-state index contributed by atoms with van der Waals surface area (Å²) in [4.78, 5) is 14.6. The summed E-state index contributed by atoms with van der Waals surface area (Å²) in [6.07, 6.45) is 0. The molecular weight excluding hydrogens is 364 g/mol. The van der Waals surface area contributed by atoms with Gasteiger partial charge < -0.3 is 18.9 Å². The fraction of sp³-hybridized carbons (Fsp3) is 0.381. The standard InChI is InChI=1S/C21H24O5S/c1-21(2)18(14-8-7-13(23-3)11-17(14)27-21)19(22)12-9-15(24-4)20(26-6)16(10-12)25-5/h7-11,18H,1-6H3. The molecule has 2 aromatic rings. The van der Waals surface area contributed by atoms with Crippen LogP contribution in [0.3, 0.4) is 0 Å². The van der Waals surface area contributed by atoms with E-state index in [1.807, 2.05) is 18.2 Å². The van der Waals surface area contributed by atoms with E-state index in [1.54, 1.807) is 52.3 Å². The van der Waals surface area contributed by atoms with Crippen LogP contribution < -0.4 is 18.9 Å². The van der Waals surface area contributed by atoms with Crippen LogP contribution in [0.25, 0.3) is 0 Å². The van der Waals surface area contributed by atoms with Crippen molar-refractivity contribution in [2.75, 3.05) is 28.4 Å². The maximum absolute atomic E-state index is 13.5. The third kappa shape index (κ3) is 3.34. The third-order valence-corrected chi connectivity index (χ3v) is 6.15. The zero-order valence-electron chi connectivity index (χ0n) is 16.4. The highest BCUT2D eigenvalue weighted by Gasteiger charge is 2.45. The van der Waals surface area contributed by atoms with Crippen molar-refractivity contribution in [3.8, 4) is 23.0 Å². The van der Waals surface area contributed by atoms with E-state index in [9.17, 15) is 4.79 Å². The fourth-order valence-electron chi connectivity index (χ4n) is 3.53. The Kier molecular flexibility index (Phi) is 5.29. The summed E-state index contributed by atoms with van der Waals surface area (Å²) in [5.41, 5.74) is 1.55. The monoisotopic (exact) mass is 388 g/mol. The molecule has 0 spiro atoms. The normalized spacial score (nSPS) is 17.2. The highest BCUT2D eigenvalue weighted by Crippen LogP contribution is 2.55. The molecule has 3 rings (SSSR count). The molecule has 1 aliphatic rings. The Morgan fingerprint density at radius 2 is 1.56 bits per heavy atom. The van der Waals surface area contributed by atoms with E-state index in [1.165, 1.54) is 0 Å². The molecule has 0 fully saturated rings. The number of rotatable bonds is 6. The van der Waals surface area contributed by atoms with Crippen LogP contribution in [0.5, 0.6) is 23.0 Å². The van der Waals surface area contributed by atoms with E-state index in [4.69, 9.17) is 18.9 Å². The Labute approximate surface area is 164 Å². The van der Waals surface area contributed by atoms with Gasteiger partial charge in [0.2, 0.25) is 5.75 Å². The van der Waals surface area contributed by atoms with E-state index in [-0.39, 0.29) is 16.4 Å². The summed E-state index contributed by atoms with van der Waals surface area (Å²) in [5, 5.41) is 0. The van der Waals surface area contributed by atoms with E-state index in [0.29, 0.717) is 22.8 Å². The number of thioether (sulfide) groups is 1. The average molecular weight is 388 g/mol. The van der Waals surface area contributed by atoms with Crippen LogP contribution in [0.1, 0.15) is 35.7 Å². The van der Waals surface area contributed by atoms with Crippen LogP contribution >= 0.6 is 11.8 Å². The van der Waals surface area contributed by atoms with Gasteiger partial charge in [-0.1, -0.05) is 6.07 Å². The highest BCUT2D eigenvalue weighted by molar-refractivity contribution is 8.01. The molecule has 6 heteroatoms. The van der Waals surface area contributed by atoms with Gasteiger partial charge in [-0.15, -0.1) is 11.8 Å². The maximum atomic E-state index is 13.5. The van der Waals surface area contributed by atoms with Crippen LogP contribution in [0, 0.1) is 0 Å². The molecule has 0 amide bonds. The maximum Gasteiger partial charge on any atom is 0.203 e. The number of benzene rings is 2. The molecule has 2 aromatic carbocycles. The van der Waals surface area contributed by atoms with Crippen LogP contribution in [-0.4, -0.2) is 39.0 Å². The Bertz CT molecular complexity index is 850. The summed E-state index contributed by atoms with van der Waals surface area (Å²) in [6.45, 7) is 4.18. The molecule has 0 bridgehead atoms. The molecular formula is C21H24O5S. The minimum Gasteiger partial charge on any atom is -0.497 e. The molecule has 1 unspecified atom stereocenters. The Morgan fingerprint density at radius 1 is 0.926 bits per heavy atom. The van der Waals surface area contributed by atoms with Gasteiger partial charge >= 0.3 is 0 Å². The number of carbonyl (C=O) groups excluding carboxylic acids is 1. The predicted octanol–water partition coefficient (Wildman–Crippen LogP) is 4.57. The number of ether oxygens (including phenoxy) is 4. The Balaban J connectivity index is 2.08. The second-order valence-corrected chi connectivity index (χ2v) is 8.52. The second kappa shape index (κ2) is 7.35. The first-order valence-corrected chi connectivity index (χ1v) is 9.39. The quantitative estimate of drug-likeness (QED) is 0.676. The van der Waals surface area contributed by atoms with Crippen molar-refractivity contribution in [2.24, 2.45) is 0 Å². The lowest BCUT2D eigenvalue weighted by Gasteiger charge is -2.26. The number of ketones is 1. The van der Waals surface area contributed by atoms with Gasteiger partial charge in [0.1, 0.15) is 5.75 Å². The minimum atomic E-state index is -0.286. The van der Waals surface area contributed by atoms with Gasteiger partial charge in [-0.2, -0.15) is 0 Å². The van der Waals surface area contributed by atoms with Crippen LogP contribution in [0.2, 0.25) is 0 Å². The first kappa shape index (κ1) is 19.4. The fourth-order valence-corrected chi connectivity index (χ4v) is 4.93. The van der Waals surface area contributed by atoms with Gasteiger partial charge in [-0.25, -0.2) is 0 Å². The summed E-state index contributed by atoms with van der Waals surface area (Å²) in [5.74, 6) is 1.94. The minimum absolute atomic E-state index is 0.0238. The van der Waals surface area contributed by atoms with Gasteiger partial charge in [0, 0.05) is 15.2 Å². The van der Waals surface area contributed by atoms with Crippen molar-refractivity contribution in [1.82, 2.24) is 0 Å². The molecule has 1 aliphatic heterocycles. The highest BCUT2D eigenvalue weighted by atomic mass is 32.2. The molecule has 0 saturated carbocycles. The number of Topliss-reactive ketones (excluding diaryl/α,β-unsaturated/α-hetero) is 1. The van der Waals surface area contributed by atoms with Gasteiger partial charge in [0.05, 0.1) is 34.4 Å². The summed E-state index contributed by atoms with van der Waals surface area (Å²) < 4.78 is 21.2. The van der Waals surface area contributed by atoms with E-state index < -0.39 is 0 Å². The number of hydrogen-bond donors (Lipinski definition) is 0. The van der Waals surface area contributed by atoms with Crippen LogP contribution in [0.4, 0.5) is 0 Å². The van der Waals surface area contributed by atoms with Gasteiger partial charge in [-0.3, -0.25) is 4.79 Å². The lowest BCUT2D eigenvalue weighted by atomic mass is 9.82. The SMILES string of the molecule is COc1ccc2c(c1)SC(C)(C)C2C(=O)c1cc(OC)c(OC)c(OC)c1. The molecule has 1 atom stereocenters. The molecule has 0 aromatic heterocycles. The lowest BCUT2D eigenvalue weighted by molar-refractivity contribution is 0.0946. The summed E-state index contributed by atoms with van der Waals surface area (Å²) >= 11 is 1.69. The molecule has 0 radical (unpaired) electrons. The lowest BCUT2D eigenvalue weighted by Crippen LogP contribution is -2.28. The first-order chi connectivity index (χ1) is 12.9. The zero-order valence-corrected chi connectivity index (χ0v) is 17.2. The van der Waals surface area contributed by atoms with Crippen molar-refractivity contribution in [1.29, 1.82) is 0 Å². The van der Waals surface area contributed by atoms with E-state index >= 15 is 0 Å². The van der Waals surface area contributed by atoms with E-state index in [0.717, 1.165) is 16.2 Å². The molecule has 27 heavy (non-hydrogen) atoms. The van der Waals surface area contributed by atoms with Crippen molar-refractivity contribution in [3.63, 3.8) is 0 Å². The molecule has 5 nitrogen and oxygen atoms in total. The van der Waals surface area contributed by atoms with Crippen molar-refractivity contribution < 1.29 is 23.7 Å². The molecule has 1 heterocycles. The molecule has 144 valence electrons. The number of hydrogen-bond acceptors (Lipinski definition) is 6. The Hall–Kier alpha value is -2.34. The topological polar surface area (TPSA) is 54.0 Å². The smallest absolute Gasteiger partial charge is 0.203 e. The number of methoxy groups -OCH3 is 4. The van der Waals surface area contributed by atoms with Crippen molar-refractivity contribution in [2.45, 2.75) is 29.4 Å². The van der Waals surface area contributed by atoms with Crippen molar-refractivity contribution >= 4 is 17.5 Å². The van der Waals surface area contributed by atoms with E-state index in [2.05, 4.69) is 13.8 Å². The Morgan fingerprint density at radius 3 is 2.07 bits per heavy atom. The summed E-state index contributed by atoms with van der Waals surface area (Å²) in [6, 6.07) is 9.30. The first-order valence-electron chi connectivity index (χ1n) is 8.57. The van der Waals surface area contributed by atoms with Gasteiger partial charge in [0.25, 0.3) is 0 Å². The van der Waals surface area contributed by atoms with Crippen LogP contribution in [0.15, 0.2) is 35.2 Å².